The van der Waals surface area contributed by atoms with Crippen LogP contribution in [0.4, 0.5) is 14.5 Å². The quantitative estimate of drug-likeness (QED) is 0.743. The van der Waals surface area contributed by atoms with Crippen LogP contribution in [-0.4, -0.2) is 20.7 Å². The predicted molar refractivity (Wildman–Crippen MR) is 99.5 cm³/mol. The van der Waals surface area contributed by atoms with Crippen LogP contribution in [0, 0.1) is 25.5 Å². The molecule has 1 fully saturated rings. The summed E-state index contributed by atoms with van der Waals surface area (Å²) in [5.74, 6) is -2.18. The zero-order chi connectivity index (χ0) is 18.8. The van der Waals surface area contributed by atoms with E-state index < -0.39 is 16.9 Å². The molecule has 1 N–H and O–H groups in total. The number of aromatic nitrogens is 2. The van der Waals surface area contributed by atoms with Gasteiger partial charge in [0.15, 0.2) is 16.8 Å². The number of hydrogen-bond acceptors (Lipinski definition) is 3. The fraction of sp³-hybridized carbons (Fsp3) is 0.474. The maximum atomic E-state index is 13.3. The molecule has 0 saturated heterocycles. The topological polar surface area (TPSA) is 46.9 Å². The molecule has 0 spiro atoms. The fourth-order valence-corrected chi connectivity index (χ4v) is 4.37. The first-order valence-electron chi connectivity index (χ1n) is 8.85. The van der Waals surface area contributed by atoms with Gasteiger partial charge in [-0.1, -0.05) is 24.6 Å². The Morgan fingerprint density at radius 2 is 1.96 bits per heavy atom. The van der Waals surface area contributed by atoms with Crippen molar-refractivity contribution in [1.29, 1.82) is 0 Å². The molecule has 2 aromatic rings. The maximum Gasteiger partial charge on any atom is 0.237 e. The highest BCUT2D eigenvalue weighted by Crippen LogP contribution is 2.36. The van der Waals surface area contributed by atoms with E-state index in [1.807, 2.05) is 6.92 Å². The fourth-order valence-electron chi connectivity index (χ4n) is 3.30. The Morgan fingerprint density at radius 3 is 2.62 bits per heavy atom. The average molecular weight is 379 g/mol. The first-order valence-corrected chi connectivity index (χ1v) is 9.72. The van der Waals surface area contributed by atoms with E-state index in [-0.39, 0.29) is 11.6 Å². The largest absolute Gasteiger partial charge is 0.325 e. The smallest absolute Gasteiger partial charge is 0.237 e. The third-order valence-electron chi connectivity index (χ3n) is 4.88. The Morgan fingerprint density at radius 1 is 1.27 bits per heavy atom. The third-order valence-corrected chi connectivity index (χ3v) is 5.95. The van der Waals surface area contributed by atoms with Gasteiger partial charge in [0.2, 0.25) is 5.91 Å². The molecule has 0 bridgehead atoms. The van der Waals surface area contributed by atoms with Gasteiger partial charge in [0.05, 0.1) is 10.9 Å². The Hall–Kier alpha value is -1.89. The molecule has 7 heteroatoms. The highest BCUT2D eigenvalue weighted by molar-refractivity contribution is 8.00. The number of carbonyl (C=O) groups is 1. The number of carbonyl (C=O) groups excluding carboxylic acids is 1. The van der Waals surface area contributed by atoms with Gasteiger partial charge in [-0.15, -0.1) is 0 Å². The van der Waals surface area contributed by atoms with Crippen molar-refractivity contribution < 1.29 is 13.6 Å². The molecule has 140 valence electrons. The number of thioether (sulfide) groups is 1. The van der Waals surface area contributed by atoms with Crippen LogP contribution < -0.4 is 5.32 Å². The van der Waals surface area contributed by atoms with Gasteiger partial charge in [0, 0.05) is 23.5 Å². The van der Waals surface area contributed by atoms with Gasteiger partial charge in [0.1, 0.15) is 0 Å². The van der Waals surface area contributed by atoms with Crippen molar-refractivity contribution in [2.75, 3.05) is 5.32 Å². The Balaban J connectivity index is 1.73. The number of hydrogen-bond donors (Lipinski definition) is 1. The summed E-state index contributed by atoms with van der Waals surface area (Å²) < 4.78 is 28.6. The molecular weight excluding hydrogens is 356 g/mol. The maximum absolute atomic E-state index is 13.3. The first kappa shape index (κ1) is 18.9. The number of nitrogens with one attached hydrogen (secondary N) is 1. The minimum atomic E-state index is -0.980. The van der Waals surface area contributed by atoms with E-state index in [4.69, 9.17) is 0 Å². The van der Waals surface area contributed by atoms with Crippen LogP contribution >= 0.6 is 11.8 Å². The van der Waals surface area contributed by atoms with Gasteiger partial charge in [-0.3, -0.25) is 4.79 Å². The highest BCUT2D eigenvalue weighted by Gasteiger charge is 2.25. The van der Waals surface area contributed by atoms with Crippen molar-refractivity contribution in [3.63, 3.8) is 0 Å². The summed E-state index contributed by atoms with van der Waals surface area (Å²) in [6.07, 6.45) is 4.72. The number of amides is 1. The molecule has 1 amide bonds. The number of imidazole rings is 1. The number of nitrogens with zero attached hydrogens (tertiary/aromatic N) is 2. The summed E-state index contributed by atoms with van der Waals surface area (Å²) in [4.78, 5) is 17.1. The number of rotatable bonds is 5. The van der Waals surface area contributed by atoms with Gasteiger partial charge in [-0.05, 0) is 45.7 Å². The average Bonchev–Trinajstić information content (AvgIpc) is 3.20. The minimum absolute atomic E-state index is 0.243. The lowest BCUT2D eigenvalue weighted by Gasteiger charge is -2.18. The lowest BCUT2D eigenvalue weighted by Crippen LogP contribution is -2.23. The lowest BCUT2D eigenvalue weighted by molar-refractivity contribution is -0.115. The molecule has 1 aromatic heterocycles. The number of aryl methyl sites for hydroxylation is 1. The molecule has 26 heavy (non-hydrogen) atoms. The molecule has 1 unspecified atom stereocenters. The SMILES string of the molecule is Cc1nc(SC(C)C(=O)Nc2ccc(F)c(F)c2)n(C2CCCC2)c1C. The van der Waals surface area contributed by atoms with Crippen molar-refractivity contribution >= 4 is 23.4 Å². The Bertz CT molecular complexity index is 815. The van der Waals surface area contributed by atoms with Gasteiger partial charge < -0.3 is 9.88 Å². The molecule has 3 rings (SSSR count). The molecule has 1 aromatic carbocycles. The predicted octanol–water partition coefficient (Wildman–Crippen LogP) is 5.01. The van der Waals surface area contributed by atoms with Crippen LogP contribution in [0.5, 0.6) is 0 Å². The third kappa shape index (κ3) is 3.92. The number of benzene rings is 1. The van der Waals surface area contributed by atoms with E-state index in [9.17, 15) is 13.6 Å². The van der Waals surface area contributed by atoms with Gasteiger partial charge in [-0.25, -0.2) is 13.8 Å². The molecule has 1 aliphatic rings. The summed E-state index contributed by atoms with van der Waals surface area (Å²) in [5.41, 5.74) is 2.37. The zero-order valence-electron chi connectivity index (χ0n) is 15.2. The molecule has 0 radical (unpaired) electrons. The summed E-state index contributed by atoms with van der Waals surface area (Å²) in [5, 5.41) is 3.07. The van der Waals surface area contributed by atoms with Crippen LogP contribution in [0.15, 0.2) is 23.4 Å². The van der Waals surface area contributed by atoms with Gasteiger partial charge >= 0.3 is 0 Å². The zero-order valence-corrected chi connectivity index (χ0v) is 16.0. The summed E-state index contributed by atoms with van der Waals surface area (Å²) in [6.45, 7) is 5.84. The second-order valence-electron chi connectivity index (χ2n) is 6.75. The highest BCUT2D eigenvalue weighted by atomic mass is 32.2. The van der Waals surface area contributed by atoms with Gasteiger partial charge in [-0.2, -0.15) is 0 Å². The van der Waals surface area contributed by atoms with Crippen LogP contribution in [0.1, 0.15) is 50.0 Å². The summed E-state index contributed by atoms with van der Waals surface area (Å²) >= 11 is 1.40. The number of halogens is 2. The second-order valence-corrected chi connectivity index (χ2v) is 8.06. The Labute approximate surface area is 156 Å². The molecule has 1 saturated carbocycles. The van der Waals surface area contributed by atoms with Crippen LogP contribution in [0.3, 0.4) is 0 Å². The molecular formula is C19H23F2N3OS. The molecule has 4 nitrogen and oxygen atoms in total. The van der Waals surface area contributed by atoms with E-state index in [0.29, 0.717) is 6.04 Å². The minimum Gasteiger partial charge on any atom is -0.325 e. The van der Waals surface area contributed by atoms with Gasteiger partial charge in [0.25, 0.3) is 0 Å². The molecule has 1 atom stereocenters. The van der Waals surface area contributed by atoms with E-state index in [1.165, 1.54) is 30.7 Å². The van der Waals surface area contributed by atoms with Crippen molar-refractivity contribution in [3.8, 4) is 0 Å². The molecule has 1 heterocycles. The van der Waals surface area contributed by atoms with Crippen molar-refractivity contribution in [1.82, 2.24) is 9.55 Å². The van der Waals surface area contributed by atoms with Crippen LogP contribution in [-0.2, 0) is 4.79 Å². The normalized spacial score (nSPS) is 16.0. The second kappa shape index (κ2) is 7.78. The van der Waals surface area contributed by atoms with E-state index in [2.05, 4.69) is 21.8 Å². The van der Waals surface area contributed by atoms with Crippen molar-refractivity contribution in [2.24, 2.45) is 0 Å². The van der Waals surface area contributed by atoms with Crippen molar-refractivity contribution in [3.05, 3.63) is 41.2 Å². The molecule has 1 aliphatic carbocycles. The lowest BCUT2D eigenvalue weighted by atomic mass is 10.2. The summed E-state index contributed by atoms with van der Waals surface area (Å²) in [6, 6.07) is 3.78. The number of anilines is 1. The molecule has 0 aliphatic heterocycles. The van der Waals surface area contributed by atoms with Crippen molar-refractivity contribution in [2.45, 2.75) is 62.9 Å². The van der Waals surface area contributed by atoms with E-state index in [0.717, 1.165) is 41.5 Å². The monoisotopic (exact) mass is 379 g/mol. The van der Waals surface area contributed by atoms with Crippen LogP contribution in [0.2, 0.25) is 0 Å². The van der Waals surface area contributed by atoms with E-state index >= 15 is 0 Å². The first-order chi connectivity index (χ1) is 12.4. The summed E-state index contributed by atoms with van der Waals surface area (Å²) in [7, 11) is 0. The Kier molecular flexibility index (Phi) is 5.65. The van der Waals surface area contributed by atoms with E-state index in [1.54, 1.807) is 6.92 Å². The van der Waals surface area contributed by atoms with Crippen LogP contribution in [0.25, 0.3) is 0 Å². The standard InChI is InChI=1S/C19H23F2N3OS/c1-11-12(2)24(15-6-4-5-7-15)19(22-11)26-13(3)18(25)23-14-8-9-16(20)17(21)10-14/h8-10,13,15H,4-7H2,1-3H3,(H,23,25).